The zero-order valence-electron chi connectivity index (χ0n) is 13.3. The summed E-state index contributed by atoms with van der Waals surface area (Å²) < 4.78 is 41.6. The van der Waals surface area contributed by atoms with Crippen molar-refractivity contribution >= 4 is 9.84 Å². The highest BCUT2D eigenvalue weighted by atomic mass is 32.2. The summed E-state index contributed by atoms with van der Waals surface area (Å²) in [5.74, 6) is 1.58. The summed E-state index contributed by atoms with van der Waals surface area (Å²) in [4.78, 5) is 6.27. The van der Waals surface area contributed by atoms with Crippen LogP contribution in [0.5, 0.6) is 5.75 Å². The molecule has 1 aromatic carbocycles. The monoisotopic (exact) mass is 354 g/mol. The summed E-state index contributed by atoms with van der Waals surface area (Å²) in [6.45, 7) is 0.606. The molecule has 0 radical (unpaired) electrons. The molecule has 0 spiro atoms. The number of halogens is 1. The summed E-state index contributed by atoms with van der Waals surface area (Å²) in [5.41, 5.74) is 0. The van der Waals surface area contributed by atoms with Gasteiger partial charge in [0.2, 0.25) is 0 Å². The molecule has 9 heteroatoms. The molecule has 0 saturated carbocycles. The molecular weight excluding hydrogens is 335 g/mol. The van der Waals surface area contributed by atoms with Crippen LogP contribution in [0.4, 0.5) is 4.39 Å². The van der Waals surface area contributed by atoms with Gasteiger partial charge in [0.1, 0.15) is 18.2 Å². The third kappa shape index (κ3) is 4.30. The highest BCUT2D eigenvalue weighted by Crippen LogP contribution is 2.18. The predicted octanol–water partition coefficient (Wildman–Crippen LogP) is 1.14. The fourth-order valence-corrected chi connectivity index (χ4v) is 4.46. The zero-order chi connectivity index (χ0) is 17.2. The maximum Gasteiger partial charge on any atom is 0.164 e. The summed E-state index contributed by atoms with van der Waals surface area (Å²) in [5, 5.41) is 6.89. The first-order chi connectivity index (χ1) is 11.4. The molecule has 0 aliphatic carbocycles. The summed E-state index contributed by atoms with van der Waals surface area (Å²) >= 11 is 0. The van der Waals surface area contributed by atoms with Gasteiger partial charge in [-0.25, -0.2) is 17.8 Å². The van der Waals surface area contributed by atoms with E-state index in [1.165, 1.54) is 12.1 Å². The lowest BCUT2D eigenvalue weighted by molar-refractivity contribution is 0.247. The van der Waals surface area contributed by atoms with Crippen molar-refractivity contribution in [2.45, 2.75) is 25.6 Å². The van der Waals surface area contributed by atoms with Gasteiger partial charge in [0.15, 0.2) is 21.5 Å². The molecule has 130 valence electrons. The van der Waals surface area contributed by atoms with Gasteiger partial charge in [-0.05, 0) is 25.6 Å². The van der Waals surface area contributed by atoms with E-state index in [4.69, 9.17) is 4.74 Å². The summed E-state index contributed by atoms with van der Waals surface area (Å²) in [6, 6.07) is 5.88. The largest absolute Gasteiger partial charge is 0.486 e. The number of ether oxygens (including phenoxy) is 1. The van der Waals surface area contributed by atoms with Gasteiger partial charge < -0.3 is 4.74 Å². The second-order valence-corrected chi connectivity index (χ2v) is 8.15. The van der Waals surface area contributed by atoms with Crippen molar-refractivity contribution in [1.82, 2.24) is 20.1 Å². The number of nitrogens with zero attached hydrogens (tertiary/aromatic N) is 3. The van der Waals surface area contributed by atoms with E-state index in [0.717, 1.165) is 0 Å². The third-order valence-corrected chi connectivity index (χ3v) is 5.72. The highest BCUT2D eigenvalue weighted by molar-refractivity contribution is 7.91. The quantitative estimate of drug-likeness (QED) is 0.837. The average molecular weight is 354 g/mol. The predicted molar refractivity (Wildman–Crippen MR) is 85.6 cm³/mol. The van der Waals surface area contributed by atoms with Crippen molar-refractivity contribution in [2.75, 3.05) is 18.6 Å². The van der Waals surface area contributed by atoms with Gasteiger partial charge in [-0.3, -0.25) is 10.00 Å². The minimum atomic E-state index is -2.91. The van der Waals surface area contributed by atoms with E-state index in [-0.39, 0.29) is 30.0 Å². The number of nitrogens with one attached hydrogen (secondary N) is 1. The van der Waals surface area contributed by atoms with Crippen LogP contribution in [-0.2, 0) is 23.0 Å². The van der Waals surface area contributed by atoms with Crippen LogP contribution in [0.3, 0.4) is 0 Å². The Bertz CT molecular complexity index is 809. The van der Waals surface area contributed by atoms with Crippen molar-refractivity contribution in [2.24, 2.45) is 0 Å². The Hall–Kier alpha value is -2.00. The fraction of sp³-hybridized carbons (Fsp3) is 0.467. The Kier molecular flexibility index (Phi) is 4.81. The molecule has 1 atom stereocenters. The topological polar surface area (TPSA) is 88.2 Å². The molecule has 1 saturated heterocycles. The Balaban J connectivity index is 1.54. The van der Waals surface area contributed by atoms with Gasteiger partial charge in [-0.1, -0.05) is 6.07 Å². The molecule has 1 N–H and O–H groups in total. The average Bonchev–Trinajstić information content (AvgIpc) is 3.11. The van der Waals surface area contributed by atoms with E-state index in [2.05, 4.69) is 15.2 Å². The molecule has 24 heavy (non-hydrogen) atoms. The molecule has 2 heterocycles. The van der Waals surface area contributed by atoms with Crippen LogP contribution in [0, 0.1) is 5.82 Å². The number of sulfone groups is 1. The van der Waals surface area contributed by atoms with Gasteiger partial charge in [0.25, 0.3) is 0 Å². The second-order valence-electron chi connectivity index (χ2n) is 5.92. The molecular formula is C15H19FN4O3S. The van der Waals surface area contributed by atoms with Crippen molar-refractivity contribution in [3.8, 4) is 5.75 Å². The van der Waals surface area contributed by atoms with Crippen LogP contribution in [0.1, 0.15) is 18.1 Å². The number of aromatic nitrogens is 3. The molecule has 1 aliphatic rings. The first-order valence-corrected chi connectivity index (χ1v) is 9.42. The van der Waals surface area contributed by atoms with E-state index < -0.39 is 9.84 Å². The van der Waals surface area contributed by atoms with Gasteiger partial charge in [-0.2, -0.15) is 5.10 Å². The van der Waals surface area contributed by atoms with Gasteiger partial charge >= 0.3 is 0 Å². The number of hydrogen-bond donors (Lipinski definition) is 1. The van der Waals surface area contributed by atoms with Gasteiger partial charge in [-0.15, -0.1) is 0 Å². The first kappa shape index (κ1) is 16.8. The van der Waals surface area contributed by atoms with E-state index >= 15 is 0 Å². The Labute approximate surface area is 139 Å². The normalized spacial score (nSPS) is 19.7. The molecule has 1 aromatic heterocycles. The first-order valence-electron chi connectivity index (χ1n) is 7.60. The Morgan fingerprint density at radius 3 is 3.00 bits per heavy atom. The van der Waals surface area contributed by atoms with Crippen LogP contribution in [0.2, 0.25) is 0 Å². The van der Waals surface area contributed by atoms with Crippen molar-refractivity contribution in [3.63, 3.8) is 0 Å². The van der Waals surface area contributed by atoms with Crippen molar-refractivity contribution in [3.05, 3.63) is 41.7 Å². The second kappa shape index (κ2) is 6.86. The number of aromatic amines is 1. The number of benzene rings is 1. The van der Waals surface area contributed by atoms with Crippen molar-refractivity contribution in [1.29, 1.82) is 0 Å². The lowest BCUT2D eigenvalue weighted by atomic mass is 10.2. The van der Waals surface area contributed by atoms with Crippen LogP contribution in [0.25, 0.3) is 0 Å². The SMILES string of the molecule is CN(Cc1n[nH]c(COc2cccc(F)c2)n1)C1CCS(=O)(=O)C1. The number of rotatable bonds is 6. The zero-order valence-corrected chi connectivity index (χ0v) is 14.1. The number of H-pyrrole nitrogens is 1. The molecule has 3 rings (SSSR count). The highest BCUT2D eigenvalue weighted by Gasteiger charge is 2.30. The van der Waals surface area contributed by atoms with E-state index in [0.29, 0.717) is 30.4 Å². The minimum Gasteiger partial charge on any atom is -0.486 e. The summed E-state index contributed by atoms with van der Waals surface area (Å²) in [7, 11) is -1.05. The fourth-order valence-electron chi connectivity index (χ4n) is 2.65. The smallest absolute Gasteiger partial charge is 0.164 e. The van der Waals surface area contributed by atoms with Crippen molar-refractivity contribution < 1.29 is 17.5 Å². The van der Waals surface area contributed by atoms with E-state index in [1.54, 1.807) is 12.1 Å². The maximum atomic E-state index is 13.1. The van der Waals surface area contributed by atoms with Crippen LogP contribution >= 0.6 is 0 Å². The standard InChI is InChI=1S/C15H19FN4O3S/c1-20(12-5-6-24(21,22)10-12)8-14-17-15(19-18-14)9-23-13-4-2-3-11(16)7-13/h2-4,7,12H,5-6,8-10H2,1H3,(H,17,18,19). The molecule has 0 amide bonds. The third-order valence-electron chi connectivity index (χ3n) is 3.97. The molecule has 7 nitrogen and oxygen atoms in total. The maximum absolute atomic E-state index is 13.1. The van der Waals surface area contributed by atoms with Gasteiger partial charge in [0.05, 0.1) is 18.1 Å². The lowest BCUT2D eigenvalue weighted by Gasteiger charge is -2.21. The molecule has 1 unspecified atom stereocenters. The Morgan fingerprint density at radius 2 is 2.29 bits per heavy atom. The minimum absolute atomic E-state index is 0.000457. The molecule has 2 aromatic rings. The van der Waals surface area contributed by atoms with Crippen LogP contribution < -0.4 is 4.74 Å². The van der Waals surface area contributed by atoms with Crippen LogP contribution in [0.15, 0.2) is 24.3 Å². The van der Waals surface area contributed by atoms with Crippen LogP contribution in [-0.4, -0.2) is 53.1 Å². The Morgan fingerprint density at radius 1 is 1.46 bits per heavy atom. The summed E-state index contributed by atoms with van der Waals surface area (Å²) in [6.07, 6.45) is 0.638. The lowest BCUT2D eigenvalue weighted by Crippen LogP contribution is -2.32. The van der Waals surface area contributed by atoms with Gasteiger partial charge in [0, 0.05) is 12.1 Å². The van der Waals surface area contributed by atoms with E-state index in [9.17, 15) is 12.8 Å². The molecule has 1 aliphatic heterocycles. The molecule has 0 bridgehead atoms. The molecule has 1 fully saturated rings. The number of hydrogen-bond acceptors (Lipinski definition) is 6. The van der Waals surface area contributed by atoms with E-state index in [1.807, 2.05) is 11.9 Å².